The van der Waals surface area contributed by atoms with Crippen LogP contribution in [0.1, 0.15) is 49.7 Å². The van der Waals surface area contributed by atoms with Crippen molar-refractivity contribution in [2.24, 2.45) is 0 Å². The molecule has 1 aliphatic carbocycles. The summed E-state index contributed by atoms with van der Waals surface area (Å²) in [7, 11) is 0. The van der Waals surface area contributed by atoms with Crippen molar-refractivity contribution in [3.63, 3.8) is 0 Å². The van der Waals surface area contributed by atoms with Gasteiger partial charge in [0.15, 0.2) is 5.11 Å². The fourth-order valence-corrected chi connectivity index (χ4v) is 4.12. The van der Waals surface area contributed by atoms with Crippen LogP contribution in [0.25, 0.3) is 0 Å². The van der Waals surface area contributed by atoms with E-state index >= 15 is 0 Å². The first-order valence-corrected chi connectivity index (χ1v) is 10.3. The Balaban J connectivity index is 1.77. The monoisotopic (exact) mass is 451 g/mol. The van der Waals surface area contributed by atoms with Crippen LogP contribution in [-0.4, -0.2) is 29.1 Å². The number of nitrogens with one attached hydrogen (secondary N) is 2. The summed E-state index contributed by atoms with van der Waals surface area (Å²) in [5.41, 5.74) is -2.01. The van der Waals surface area contributed by atoms with Crippen LogP contribution in [0.3, 0.4) is 0 Å². The highest BCUT2D eigenvalue weighted by molar-refractivity contribution is 7.80. The van der Waals surface area contributed by atoms with Crippen LogP contribution in [0.5, 0.6) is 0 Å². The highest BCUT2D eigenvalue weighted by atomic mass is 32.1. The second-order valence-electron chi connectivity index (χ2n) is 7.55. The van der Waals surface area contributed by atoms with Crippen molar-refractivity contribution < 1.29 is 26.3 Å². The Morgan fingerprint density at radius 3 is 2.07 bits per heavy atom. The quantitative estimate of drug-likeness (QED) is 0.440. The van der Waals surface area contributed by atoms with E-state index < -0.39 is 23.5 Å². The topological polar surface area (TPSA) is 27.3 Å². The lowest BCUT2D eigenvalue weighted by Gasteiger charge is -2.30. The largest absolute Gasteiger partial charge is 0.416 e. The molecule has 1 saturated heterocycles. The van der Waals surface area contributed by atoms with Crippen molar-refractivity contribution in [3.05, 3.63) is 41.1 Å². The predicted octanol–water partition coefficient (Wildman–Crippen LogP) is 5.93. The van der Waals surface area contributed by atoms with Crippen molar-refractivity contribution in [1.29, 1.82) is 0 Å². The van der Waals surface area contributed by atoms with Gasteiger partial charge in [-0.25, -0.2) is 0 Å². The summed E-state index contributed by atoms with van der Waals surface area (Å²) < 4.78 is 78.4. The average Bonchev–Trinajstić information content (AvgIpc) is 3.07. The molecule has 0 bridgehead atoms. The standard InChI is InChI=1S/C20H23F6N3S/c21-19(22,23)13-10-14(20(24,25)26)12-15(11-13)27-18(30)28-16-6-2-1-3-7-17(16)29-8-4-5-9-29/h7,10-12,16H,1-6,8-9H2,(H2,27,28,30)/t16-/m1/s1. The summed E-state index contributed by atoms with van der Waals surface area (Å²) in [5.74, 6) is 0. The van der Waals surface area contributed by atoms with Crippen LogP contribution < -0.4 is 10.6 Å². The third kappa shape index (κ3) is 5.80. The zero-order chi connectivity index (χ0) is 21.9. The molecule has 166 valence electrons. The number of hydrogen-bond donors (Lipinski definition) is 2. The van der Waals surface area contributed by atoms with Gasteiger partial charge in [0.2, 0.25) is 0 Å². The maximum Gasteiger partial charge on any atom is 0.416 e. The van der Waals surface area contributed by atoms with E-state index in [0.717, 1.165) is 57.3 Å². The van der Waals surface area contributed by atoms with Gasteiger partial charge in [0.1, 0.15) is 0 Å². The average molecular weight is 451 g/mol. The number of hydrogen-bond acceptors (Lipinski definition) is 2. The molecular formula is C20H23F6N3S. The second kappa shape index (κ2) is 9.03. The van der Waals surface area contributed by atoms with Gasteiger partial charge < -0.3 is 15.5 Å². The summed E-state index contributed by atoms with van der Waals surface area (Å²) in [6.45, 7) is 1.87. The van der Waals surface area contributed by atoms with E-state index in [4.69, 9.17) is 12.2 Å². The number of allylic oxidation sites excluding steroid dienone is 1. The van der Waals surface area contributed by atoms with Gasteiger partial charge in [0, 0.05) is 24.5 Å². The Labute approximate surface area is 176 Å². The number of alkyl halides is 6. The molecule has 1 aromatic rings. The molecule has 1 fully saturated rings. The minimum atomic E-state index is -4.90. The molecule has 10 heteroatoms. The first-order valence-electron chi connectivity index (χ1n) is 9.86. The number of halogens is 6. The summed E-state index contributed by atoms with van der Waals surface area (Å²) in [6, 6.07) is 1.24. The van der Waals surface area contributed by atoms with Crippen LogP contribution in [0.4, 0.5) is 32.0 Å². The first-order chi connectivity index (χ1) is 14.0. The molecule has 1 atom stereocenters. The molecule has 3 rings (SSSR count). The maximum absolute atomic E-state index is 13.1. The van der Waals surface area contributed by atoms with Crippen molar-refractivity contribution in [3.8, 4) is 0 Å². The molecule has 1 heterocycles. The number of thiocarbonyl (C=S) groups is 1. The first kappa shape index (κ1) is 22.7. The zero-order valence-corrected chi connectivity index (χ0v) is 17.0. The lowest BCUT2D eigenvalue weighted by molar-refractivity contribution is -0.143. The van der Waals surface area contributed by atoms with Crippen LogP contribution in [0.15, 0.2) is 30.0 Å². The molecule has 0 unspecified atom stereocenters. The summed E-state index contributed by atoms with van der Waals surface area (Å²) in [4.78, 5) is 2.28. The molecule has 2 N–H and O–H groups in total. The van der Waals surface area contributed by atoms with Crippen LogP contribution in [0.2, 0.25) is 0 Å². The maximum atomic E-state index is 13.1. The molecule has 0 aromatic heterocycles. The van der Waals surface area contributed by atoms with Gasteiger partial charge in [0.25, 0.3) is 0 Å². The summed E-state index contributed by atoms with van der Waals surface area (Å²) in [6.07, 6.45) is -1.75. The van der Waals surface area contributed by atoms with Crippen molar-refractivity contribution in [1.82, 2.24) is 10.2 Å². The van der Waals surface area contributed by atoms with Gasteiger partial charge in [-0.15, -0.1) is 0 Å². The SMILES string of the molecule is FC(F)(F)c1cc(NC(=S)N[C@@H]2CCCCC=C2N2CCCC2)cc(C(F)(F)F)c1. The molecule has 3 nitrogen and oxygen atoms in total. The molecule has 0 saturated carbocycles. The molecule has 0 amide bonds. The van der Waals surface area contributed by atoms with E-state index in [1.165, 1.54) is 0 Å². The Morgan fingerprint density at radius 1 is 0.900 bits per heavy atom. The van der Waals surface area contributed by atoms with Gasteiger partial charge in [-0.1, -0.05) is 12.5 Å². The lowest BCUT2D eigenvalue weighted by Crippen LogP contribution is -2.42. The number of nitrogens with zero attached hydrogens (tertiary/aromatic N) is 1. The Morgan fingerprint density at radius 2 is 1.50 bits per heavy atom. The fourth-order valence-electron chi connectivity index (χ4n) is 3.86. The zero-order valence-electron chi connectivity index (χ0n) is 16.2. The Bertz CT molecular complexity index is 764. The van der Waals surface area contributed by atoms with E-state index in [2.05, 4.69) is 21.6 Å². The number of benzene rings is 1. The van der Waals surface area contributed by atoms with E-state index in [0.29, 0.717) is 12.1 Å². The van der Waals surface area contributed by atoms with E-state index in [1.54, 1.807) is 0 Å². The molecule has 0 spiro atoms. The Hall–Kier alpha value is -1.97. The van der Waals surface area contributed by atoms with Crippen molar-refractivity contribution in [2.75, 3.05) is 18.4 Å². The van der Waals surface area contributed by atoms with Gasteiger partial charge >= 0.3 is 12.4 Å². The fraction of sp³-hybridized carbons (Fsp3) is 0.550. The molecule has 1 aromatic carbocycles. The second-order valence-corrected chi connectivity index (χ2v) is 7.96. The third-order valence-electron chi connectivity index (χ3n) is 5.28. The summed E-state index contributed by atoms with van der Waals surface area (Å²) in [5, 5.41) is 5.62. The number of rotatable bonds is 3. The van der Waals surface area contributed by atoms with Crippen molar-refractivity contribution >= 4 is 23.0 Å². The highest BCUT2D eigenvalue weighted by Gasteiger charge is 2.37. The highest BCUT2D eigenvalue weighted by Crippen LogP contribution is 2.37. The number of likely N-dealkylation sites (tertiary alicyclic amines) is 1. The number of anilines is 1. The van der Waals surface area contributed by atoms with Gasteiger partial charge in [-0.05, 0) is 62.5 Å². The van der Waals surface area contributed by atoms with Crippen LogP contribution >= 0.6 is 12.2 Å². The smallest absolute Gasteiger partial charge is 0.373 e. The molecule has 2 aliphatic rings. The van der Waals surface area contributed by atoms with E-state index in [9.17, 15) is 26.3 Å². The minimum Gasteiger partial charge on any atom is -0.373 e. The van der Waals surface area contributed by atoms with Gasteiger partial charge in [0.05, 0.1) is 17.2 Å². The molecule has 30 heavy (non-hydrogen) atoms. The summed E-state index contributed by atoms with van der Waals surface area (Å²) >= 11 is 5.23. The third-order valence-corrected chi connectivity index (χ3v) is 5.50. The van der Waals surface area contributed by atoms with Crippen LogP contribution in [0, 0.1) is 0 Å². The molecule has 0 radical (unpaired) electrons. The lowest BCUT2D eigenvalue weighted by atomic mass is 10.1. The van der Waals surface area contributed by atoms with Crippen molar-refractivity contribution in [2.45, 2.75) is 56.9 Å². The Kier molecular flexibility index (Phi) is 6.84. The van der Waals surface area contributed by atoms with E-state index in [-0.39, 0.29) is 22.9 Å². The molecular weight excluding hydrogens is 428 g/mol. The van der Waals surface area contributed by atoms with Gasteiger partial charge in [-0.3, -0.25) is 0 Å². The molecule has 1 aliphatic heterocycles. The minimum absolute atomic E-state index is 0.000513. The predicted molar refractivity (Wildman–Crippen MR) is 107 cm³/mol. The van der Waals surface area contributed by atoms with Gasteiger partial charge in [-0.2, -0.15) is 26.3 Å². The van der Waals surface area contributed by atoms with Crippen LogP contribution in [-0.2, 0) is 12.4 Å². The van der Waals surface area contributed by atoms with E-state index in [1.807, 2.05) is 0 Å². The normalized spacial score (nSPS) is 20.5.